The molecule has 2 aliphatic carbocycles. The highest BCUT2D eigenvalue weighted by molar-refractivity contribution is 5.83. The molecule has 25 heavy (non-hydrogen) atoms. The molecule has 0 saturated heterocycles. The second kappa shape index (κ2) is 5.41. The molecule has 2 fully saturated rings. The molecule has 4 nitrogen and oxygen atoms in total. The maximum Gasteiger partial charge on any atom is 0.416 e. The molecular formula is C18H18F3N3O. The van der Waals surface area contributed by atoms with Gasteiger partial charge in [-0.3, -0.25) is 4.79 Å². The monoisotopic (exact) mass is 349 g/mol. The standard InChI is InChI=1S/C18H18F3N3O/c1-9(2)24-17(15-13-7-12(25)8-14(13)15)22-16(23-24)10-4-3-5-11(6-10)18(19,20)21/h3-6,9,13-15H,7-8H2,1-2H3/t13-,14+,15+. The van der Waals surface area contributed by atoms with Gasteiger partial charge in [-0.2, -0.15) is 18.3 Å². The lowest BCUT2D eigenvalue weighted by molar-refractivity contribution is -0.137. The Kier molecular flexibility index (Phi) is 3.53. The highest BCUT2D eigenvalue weighted by Crippen LogP contribution is 2.61. The van der Waals surface area contributed by atoms with Gasteiger partial charge < -0.3 is 0 Å². The molecule has 0 radical (unpaired) electrons. The van der Waals surface area contributed by atoms with Crippen LogP contribution in [0, 0.1) is 11.8 Å². The van der Waals surface area contributed by atoms with E-state index in [9.17, 15) is 18.0 Å². The molecule has 0 aliphatic heterocycles. The fourth-order valence-electron chi connectivity index (χ4n) is 3.89. The first-order valence-electron chi connectivity index (χ1n) is 8.41. The molecular weight excluding hydrogens is 331 g/mol. The number of carbonyl (C=O) groups excluding carboxylic acids is 1. The summed E-state index contributed by atoms with van der Waals surface area (Å²) in [5.41, 5.74) is -0.348. The molecule has 1 aromatic heterocycles. The van der Waals surface area contributed by atoms with Gasteiger partial charge in [-0.25, -0.2) is 9.67 Å². The van der Waals surface area contributed by atoms with Gasteiger partial charge in [-0.1, -0.05) is 12.1 Å². The van der Waals surface area contributed by atoms with Crippen molar-refractivity contribution in [2.24, 2.45) is 11.8 Å². The van der Waals surface area contributed by atoms with E-state index in [1.807, 2.05) is 13.8 Å². The Morgan fingerprint density at radius 1 is 1.20 bits per heavy atom. The van der Waals surface area contributed by atoms with Crippen molar-refractivity contribution in [1.29, 1.82) is 0 Å². The molecule has 4 rings (SSSR count). The van der Waals surface area contributed by atoms with Crippen molar-refractivity contribution in [2.75, 3.05) is 0 Å². The van der Waals surface area contributed by atoms with Crippen LogP contribution in [0.2, 0.25) is 0 Å². The first-order chi connectivity index (χ1) is 11.8. The van der Waals surface area contributed by atoms with Gasteiger partial charge in [0.05, 0.1) is 5.56 Å². The van der Waals surface area contributed by atoms with Gasteiger partial charge in [0.1, 0.15) is 11.6 Å². The van der Waals surface area contributed by atoms with E-state index >= 15 is 0 Å². The smallest absolute Gasteiger partial charge is 0.300 e. The van der Waals surface area contributed by atoms with Gasteiger partial charge in [0.25, 0.3) is 0 Å². The molecule has 0 unspecified atom stereocenters. The number of hydrogen-bond donors (Lipinski definition) is 0. The van der Waals surface area contributed by atoms with Gasteiger partial charge in [-0.05, 0) is 37.8 Å². The third-order valence-electron chi connectivity index (χ3n) is 5.15. The summed E-state index contributed by atoms with van der Waals surface area (Å²) in [5, 5.41) is 4.46. The zero-order chi connectivity index (χ0) is 17.9. The van der Waals surface area contributed by atoms with Crippen LogP contribution in [0.15, 0.2) is 24.3 Å². The Bertz CT molecular complexity index is 826. The molecule has 2 aromatic rings. The third-order valence-corrected chi connectivity index (χ3v) is 5.15. The van der Waals surface area contributed by atoms with Crippen molar-refractivity contribution < 1.29 is 18.0 Å². The lowest BCUT2D eigenvalue weighted by Gasteiger charge is -2.10. The van der Waals surface area contributed by atoms with Crippen LogP contribution in [0.25, 0.3) is 11.4 Å². The summed E-state index contributed by atoms with van der Waals surface area (Å²) in [6.07, 6.45) is -3.23. The Balaban J connectivity index is 1.70. The van der Waals surface area contributed by atoms with Crippen LogP contribution < -0.4 is 0 Å². The summed E-state index contributed by atoms with van der Waals surface area (Å²) in [5.74, 6) is 2.25. The zero-order valence-electron chi connectivity index (χ0n) is 13.9. The molecule has 2 saturated carbocycles. The average Bonchev–Trinajstić information content (AvgIpc) is 2.90. The van der Waals surface area contributed by atoms with Crippen molar-refractivity contribution >= 4 is 5.78 Å². The largest absolute Gasteiger partial charge is 0.416 e. The lowest BCUT2D eigenvalue weighted by atomic mass is 10.1. The minimum Gasteiger partial charge on any atom is -0.300 e. The number of aromatic nitrogens is 3. The topological polar surface area (TPSA) is 47.8 Å². The maximum absolute atomic E-state index is 12.9. The summed E-state index contributed by atoms with van der Waals surface area (Å²) < 4.78 is 40.6. The Morgan fingerprint density at radius 2 is 1.88 bits per heavy atom. The van der Waals surface area contributed by atoms with Gasteiger partial charge >= 0.3 is 6.18 Å². The van der Waals surface area contributed by atoms with E-state index in [0.717, 1.165) is 18.0 Å². The minimum absolute atomic E-state index is 0.0547. The molecule has 0 bridgehead atoms. The van der Waals surface area contributed by atoms with Gasteiger partial charge in [0.15, 0.2) is 5.82 Å². The van der Waals surface area contributed by atoms with Crippen LogP contribution >= 0.6 is 0 Å². The van der Waals surface area contributed by atoms with Crippen LogP contribution in [0.3, 0.4) is 0 Å². The number of halogens is 3. The van der Waals surface area contributed by atoms with E-state index in [1.165, 1.54) is 6.07 Å². The molecule has 2 aliphatic rings. The molecule has 132 valence electrons. The maximum atomic E-state index is 12.9. The van der Waals surface area contributed by atoms with Crippen LogP contribution in [-0.4, -0.2) is 20.5 Å². The van der Waals surface area contributed by atoms with Crippen molar-refractivity contribution in [1.82, 2.24) is 14.8 Å². The molecule has 1 aromatic carbocycles. The first kappa shape index (κ1) is 16.3. The molecule has 0 spiro atoms. The summed E-state index contributed by atoms with van der Waals surface area (Å²) in [6, 6.07) is 5.15. The van der Waals surface area contributed by atoms with Crippen molar-refractivity contribution in [3.05, 3.63) is 35.7 Å². The fourth-order valence-corrected chi connectivity index (χ4v) is 3.89. The number of fused-ring (bicyclic) bond motifs is 1. The summed E-state index contributed by atoms with van der Waals surface area (Å²) in [6.45, 7) is 3.94. The predicted octanol–water partition coefficient (Wildman–Crippen LogP) is 4.24. The summed E-state index contributed by atoms with van der Waals surface area (Å²) in [4.78, 5) is 16.1. The fraction of sp³-hybridized carbons (Fsp3) is 0.500. The second-order valence-corrected chi connectivity index (χ2v) is 7.21. The number of nitrogens with zero attached hydrogens (tertiary/aromatic N) is 3. The number of ketones is 1. The zero-order valence-corrected chi connectivity index (χ0v) is 13.9. The number of carbonyl (C=O) groups is 1. The number of rotatable bonds is 3. The van der Waals surface area contributed by atoms with Crippen molar-refractivity contribution in [3.8, 4) is 11.4 Å². The van der Waals surface area contributed by atoms with E-state index in [2.05, 4.69) is 10.1 Å². The average molecular weight is 349 g/mol. The Morgan fingerprint density at radius 3 is 2.48 bits per heavy atom. The highest BCUT2D eigenvalue weighted by atomic mass is 19.4. The second-order valence-electron chi connectivity index (χ2n) is 7.21. The molecule has 0 N–H and O–H groups in total. The number of benzene rings is 1. The van der Waals surface area contributed by atoms with E-state index in [1.54, 1.807) is 10.7 Å². The number of hydrogen-bond acceptors (Lipinski definition) is 3. The quantitative estimate of drug-likeness (QED) is 0.833. The van der Waals surface area contributed by atoms with Crippen LogP contribution in [0.5, 0.6) is 0 Å². The normalized spacial score (nSPS) is 25.5. The van der Waals surface area contributed by atoms with Crippen LogP contribution in [0.4, 0.5) is 13.2 Å². The van der Waals surface area contributed by atoms with E-state index in [-0.39, 0.29) is 12.0 Å². The molecule has 7 heteroatoms. The Hall–Kier alpha value is -2.18. The Labute approximate surface area is 143 Å². The molecule has 3 atom stereocenters. The highest BCUT2D eigenvalue weighted by Gasteiger charge is 2.58. The molecule has 0 amide bonds. The number of alkyl halides is 3. The van der Waals surface area contributed by atoms with E-state index < -0.39 is 11.7 Å². The van der Waals surface area contributed by atoms with Crippen molar-refractivity contribution in [2.45, 2.75) is 44.8 Å². The van der Waals surface area contributed by atoms with Crippen LogP contribution in [0.1, 0.15) is 50.0 Å². The summed E-state index contributed by atoms with van der Waals surface area (Å²) in [7, 11) is 0. The van der Waals surface area contributed by atoms with Gasteiger partial charge in [-0.15, -0.1) is 0 Å². The summed E-state index contributed by atoms with van der Waals surface area (Å²) >= 11 is 0. The first-order valence-corrected chi connectivity index (χ1v) is 8.41. The minimum atomic E-state index is -4.40. The van der Waals surface area contributed by atoms with Gasteiger partial charge in [0, 0.05) is 30.4 Å². The predicted molar refractivity (Wildman–Crippen MR) is 84.8 cm³/mol. The molecule has 1 heterocycles. The van der Waals surface area contributed by atoms with Crippen LogP contribution in [-0.2, 0) is 11.0 Å². The SMILES string of the molecule is CC(C)n1nc(-c2cccc(C(F)(F)F)c2)nc1[C@H]1[C@@H]2CC(=O)C[C@@H]21. The lowest BCUT2D eigenvalue weighted by Crippen LogP contribution is -2.10. The van der Waals surface area contributed by atoms with E-state index in [0.29, 0.717) is 41.8 Å². The number of Topliss-reactive ketones (excluding diaryl/α,β-unsaturated/α-hetero) is 1. The van der Waals surface area contributed by atoms with E-state index in [4.69, 9.17) is 0 Å². The van der Waals surface area contributed by atoms with Gasteiger partial charge in [0.2, 0.25) is 0 Å². The van der Waals surface area contributed by atoms with Crippen molar-refractivity contribution in [3.63, 3.8) is 0 Å². The third kappa shape index (κ3) is 2.75.